The summed E-state index contributed by atoms with van der Waals surface area (Å²) in [6, 6.07) is 6.88. The van der Waals surface area contributed by atoms with Gasteiger partial charge in [-0.3, -0.25) is 0 Å². The number of rotatable bonds is 4. The highest BCUT2D eigenvalue weighted by molar-refractivity contribution is 6.30. The highest BCUT2D eigenvalue weighted by Gasteiger charge is 2.27. The van der Waals surface area contributed by atoms with Crippen molar-refractivity contribution in [3.05, 3.63) is 23.2 Å². The van der Waals surface area contributed by atoms with Crippen molar-refractivity contribution < 1.29 is 4.74 Å². The molecule has 2 atom stereocenters. The summed E-state index contributed by atoms with van der Waals surface area (Å²) in [7, 11) is 1.72. The summed E-state index contributed by atoms with van der Waals surface area (Å²) in [6.07, 6.45) is 2.24. The molecular formula is C15H23ClN2O. The molecule has 1 aliphatic rings. The van der Waals surface area contributed by atoms with Crippen molar-refractivity contribution in [3.8, 4) is 5.75 Å². The molecule has 1 aromatic rings. The Labute approximate surface area is 120 Å². The minimum absolute atomic E-state index is 0.496. The molecule has 2 rings (SSSR count). The van der Waals surface area contributed by atoms with Crippen LogP contribution in [0.5, 0.6) is 5.75 Å². The second-order valence-corrected chi connectivity index (χ2v) is 5.48. The van der Waals surface area contributed by atoms with Gasteiger partial charge in [-0.05, 0) is 31.0 Å². The molecule has 1 heterocycles. The number of halogens is 1. The summed E-state index contributed by atoms with van der Waals surface area (Å²) in [4.78, 5) is 2.44. The molecule has 106 valence electrons. The normalized spacial score (nSPS) is 23.5. The first-order chi connectivity index (χ1) is 9.19. The Balaban J connectivity index is 2.32. The Kier molecular flexibility index (Phi) is 4.94. The first-order valence-electron chi connectivity index (χ1n) is 7.03. The van der Waals surface area contributed by atoms with Crippen molar-refractivity contribution >= 4 is 17.3 Å². The fourth-order valence-electron chi connectivity index (χ4n) is 2.68. The Bertz CT molecular complexity index is 425. The third kappa shape index (κ3) is 3.15. The maximum absolute atomic E-state index is 6.16. The first-order valence-corrected chi connectivity index (χ1v) is 7.40. The lowest BCUT2D eigenvalue weighted by molar-refractivity contribution is 0.369. The molecule has 0 saturated carbocycles. The van der Waals surface area contributed by atoms with Gasteiger partial charge in [0.15, 0.2) is 0 Å². The molecule has 1 fully saturated rings. The molecule has 0 bridgehead atoms. The van der Waals surface area contributed by atoms with Crippen molar-refractivity contribution in [2.45, 2.75) is 38.8 Å². The maximum Gasteiger partial charge on any atom is 0.142 e. The van der Waals surface area contributed by atoms with Gasteiger partial charge in [0.1, 0.15) is 5.75 Å². The molecule has 0 spiro atoms. The number of benzene rings is 1. The van der Waals surface area contributed by atoms with Crippen LogP contribution in [-0.2, 0) is 0 Å². The Morgan fingerprint density at radius 1 is 1.37 bits per heavy atom. The highest BCUT2D eigenvalue weighted by Crippen LogP contribution is 2.34. The third-order valence-electron chi connectivity index (χ3n) is 3.91. The molecule has 1 aromatic carbocycles. The van der Waals surface area contributed by atoms with Gasteiger partial charge in [0.25, 0.3) is 0 Å². The lowest BCUT2D eigenvalue weighted by Gasteiger charge is -2.42. The Morgan fingerprint density at radius 2 is 2.16 bits per heavy atom. The number of anilines is 1. The number of hydrogen-bond donors (Lipinski definition) is 1. The Morgan fingerprint density at radius 3 is 2.79 bits per heavy atom. The number of ether oxygens (including phenoxy) is 1. The van der Waals surface area contributed by atoms with E-state index >= 15 is 0 Å². The average molecular weight is 283 g/mol. The molecule has 1 N–H and O–H groups in total. The zero-order valence-electron chi connectivity index (χ0n) is 11.9. The quantitative estimate of drug-likeness (QED) is 0.917. The van der Waals surface area contributed by atoms with Gasteiger partial charge in [0.2, 0.25) is 0 Å². The lowest BCUT2D eigenvalue weighted by atomic mass is 10.0. The highest BCUT2D eigenvalue weighted by atomic mass is 35.5. The van der Waals surface area contributed by atoms with Gasteiger partial charge in [-0.2, -0.15) is 0 Å². The number of hydrogen-bond acceptors (Lipinski definition) is 3. The molecule has 3 nitrogen and oxygen atoms in total. The molecule has 4 heteroatoms. The summed E-state index contributed by atoms with van der Waals surface area (Å²) in [5.74, 6) is 0.902. The van der Waals surface area contributed by atoms with Gasteiger partial charge in [0, 0.05) is 30.2 Å². The van der Waals surface area contributed by atoms with Gasteiger partial charge >= 0.3 is 0 Å². The molecular weight excluding hydrogens is 260 g/mol. The van der Waals surface area contributed by atoms with Crippen LogP contribution >= 0.6 is 11.6 Å². The summed E-state index contributed by atoms with van der Waals surface area (Å²) in [6.45, 7) is 6.47. The van der Waals surface area contributed by atoms with E-state index in [1.807, 2.05) is 18.2 Å². The van der Waals surface area contributed by atoms with E-state index in [0.717, 1.165) is 42.4 Å². The largest absolute Gasteiger partial charge is 0.495 e. The smallest absolute Gasteiger partial charge is 0.142 e. The molecule has 1 aliphatic heterocycles. The Hall–Kier alpha value is -0.930. The first kappa shape index (κ1) is 14.5. The fourth-order valence-corrected chi connectivity index (χ4v) is 2.85. The molecule has 0 aliphatic carbocycles. The van der Waals surface area contributed by atoms with Crippen LogP contribution in [0.4, 0.5) is 5.69 Å². The van der Waals surface area contributed by atoms with Crippen LogP contribution in [-0.4, -0.2) is 32.3 Å². The van der Waals surface area contributed by atoms with Crippen LogP contribution in [0.3, 0.4) is 0 Å². The predicted molar refractivity (Wildman–Crippen MR) is 81.5 cm³/mol. The second-order valence-electron chi connectivity index (χ2n) is 5.04. The van der Waals surface area contributed by atoms with Gasteiger partial charge in [0.05, 0.1) is 12.8 Å². The van der Waals surface area contributed by atoms with Crippen molar-refractivity contribution in [2.24, 2.45) is 0 Å². The summed E-state index contributed by atoms with van der Waals surface area (Å²) in [5.41, 5.74) is 1.11. The van der Waals surface area contributed by atoms with Gasteiger partial charge in [-0.1, -0.05) is 25.4 Å². The molecule has 0 radical (unpaired) electrons. The van der Waals surface area contributed by atoms with Crippen LogP contribution in [0, 0.1) is 0 Å². The minimum atomic E-state index is 0.496. The van der Waals surface area contributed by atoms with Crippen LogP contribution in [0.2, 0.25) is 5.02 Å². The number of nitrogens with one attached hydrogen (secondary N) is 1. The van der Waals surface area contributed by atoms with E-state index in [2.05, 4.69) is 24.1 Å². The van der Waals surface area contributed by atoms with E-state index in [1.54, 1.807) is 7.11 Å². The van der Waals surface area contributed by atoms with E-state index in [9.17, 15) is 0 Å². The SMILES string of the molecule is CCC1CN(c2cc(Cl)ccc2OC)C(CC)CN1. The fraction of sp³-hybridized carbons (Fsp3) is 0.600. The van der Waals surface area contributed by atoms with Crippen LogP contribution in [0.15, 0.2) is 18.2 Å². The van der Waals surface area contributed by atoms with Crippen LogP contribution < -0.4 is 15.0 Å². The van der Waals surface area contributed by atoms with Crippen LogP contribution in [0.25, 0.3) is 0 Å². The van der Waals surface area contributed by atoms with E-state index in [-0.39, 0.29) is 0 Å². The topological polar surface area (TPSA) is 24.5 Å². The summed E-state index contributed by atoms with van der Waals surface area (Å²) < 4.78 is 5.49. The maximum atomic E-state index is 6.16. The zero-order valence-corrected chi connectivity index (χ0v) is 12.7. The minimum Gasteiger partial charge on any atom is -0.495 e. The van der Waals surface area contributed by atoms with Gasteiger partial charge in [-0.25, -0.2) is 0 Å². The third-order valence-corrected chi connectivity index (χ3v) is 4.15. The lowest BCUT2D eigenvalue weighted by Crippen LogP contribution is -2.56. The number of methoxy groups -OCH3 is 1. The molecule has 1 saturated heterocycles. The van der Waals surface area contributed by atoms with E-state index in [0.29, 0.717) is 12.1 Å². The van der Waals surface area contributed by atoms with Crippen molar-refractivity contribution in [3.63, 3.8) is 0 Å². The zero-order chi connectivity index (χ0) is 13.8. The second kappa shape index (κ2) is 6.49. The number of nitrogens with zero attached hydrogens (tertiary/aromatic N) is 1. The monoisotopic (exact) mass is 282 g/mol. The van der Waals surface area contributed by atoms with E-state index in [4.69, 9.17) is 16.3 Å². The summed E-state index contributed by atoms with van der Waals surface area (Å²) >= 11 is 6.16. The summed E-state index contributed by atoms with van der Waals surface area (Å²) in [5, 5.41) is 4.37. The van der Waals surface area contributed by atoms with Crippen molar-refractivity contribution in [1.82, 2.24) is 5.32 Å². The number of piperazine rings is 1. The predicted octanol–water partition coefficient (Wildman–Crippen LogP) is 3.32. The molecule has 0 amide bonds. The van der Waals surface area contributed by atoms with E-state index in [1.165, 1.54) is 0 Å². The molecule has 19 heavy (non-hydrogen) atoms. The van der Waals surface area contributed by atoms with E-state index < -0.39 is 0 Å². The molecule has 2 unspecified atom stereocenters. The van der Waals surface area contributed by atoms with Crippen molar-refractivity contribution in [2.75, 3.05) is 25.1 Å². The van der Waals surface area contributed by atoms with Crippen LogP contribution in [0.1, 0.15) is 26.7 Å². The van der Waals surface area contributed by atoms with Gasteiger partial charge in [-0.15, -0.1) is 0 Å². The van der Waals surface area contributed by atoms with Gasteiger partial charge < -0.3 is 15.0 Å². The van der Waals surface area contributed by atoms with Crippen molar-refractivity contribution in [1.29, 1.82) is 0 Å². The average Bonchev–Trinajstić information content (AvgIpc) is 2.46. The molecule has 0 aromatic heterocycles. The standard InChI is InChI=1S/C15H23ClN2O/c1-4-12-10-18(13(5-2)9-17-12)14-8-11(16)6-7-15(14)19-3/h6-8,12-13,17H,4-5,9-10H2,1-3H3.